The molecule has 0 fully saturated rings. The Hall–Kier alpha value is -1.22. The molecular weight excluding hydrogens is 166 g/mol. The van der Waals surface area contributed by atoms with Gasteiger partial charge in [-0.05, 0) is 25.0 Å². The Kier molecular flexibility index (Phi) is 3.14. The molecule has 13 heavy (non-hydrogen) atoms. The van der Waals surface area contributed by atoms with Gasteiger partial charge in [0.25, 0.3) is 0 Å². The molecule has 3 nitrogen and oxygen atoms in total. The third kappa shape index (κ3) is 2.36. The molecule has 0 unspecified atom stereocenters. The first-order chi connectivity index (χ1) is 6.15. The molecule has 0 aliphatic heterocycles. The molecule has 1 rings (SSSR count). The standard InChI is InChI=1S/C10H15NO2/c1-7-4-8(2)10(5-9(7)11)13-6-12-3/h4-5H,6,11H2,1-3H3. The zero-order chi connectivity index (χ0) is 9.84. The van der Waals surface area contributed by atoms with Crippen LogP contribution in [0.25, 0.3) is 0 Å². The highest BCUT2D eigenvalue weighted by molar-refractivity contribution is 5.54. The van der Waals surface area contributed by atoms with Gasteiger partial charge in [-0.3, -0.25) is 0 Å². The molecule has 0 aliphatic rings. The summed E-state index contributed by atoms with van der Waals surface area (Å²) < 4.78 is 10.1. The van der Waals surface area contributed by atoms with E-state index in [-0.39, 0.29) is 6.79 Å². The van der Waals surface area contributed by atoms with E-state index in [1.165, 1.54) is 0 Å². The molecule has 3 heteroatoms. The predicted molar refractivity (Wildman–Crippen MR) is 52.8 cm³/mol. The zero-order valence-corrected chi connectivity index (χ0v) is 8.26. The maximum absolute atomic E-state index is 5.74. The molecule has 0 aromatic heterocycles. The molecule has 0 heterocycles. The smallest absolute Gasteiger partial charge is 0.188 e. The van der Waals surface area contributed by atoms with Gasteiger partial charge < -0.3 is 15.2 Å². The third-order valence-electron chi connectivity index (χ3n) is 1.90. The van der Waals surface area contributed by atoms with Gasteiger partial charge in [0, 0.05) is 18.9 Å². The van der Waals surface area contributed by atoms with E-state index in [0.29, 0.717) is 0 Å². The first-order valence-electron chi connectivity index (χ1n) is 4.13. The highest BCUT2D eigenvalue weighted by Crippen LogP contribution is 2.24. The molecular formula is C10H15NO2. The van der Waals surface area contributed by atoms with Gasteiger partial charge in [-0.1, -0.05) is 6.07 Å². The van der Waals surface area contributed by atoms with Crippen molar-refractivity contribution in [1.29, 1.82) is 0 Å². The minimum Gasteiger partial charge on any atom is -0.467 e. The van der Waals surface area contributed by atoms with Gasteiger partial charge >= 0.3 is 0 Å². The lowest BCUT2D eigenvalue weighted by atomic mass is 10.1. The van der Waals surface area contributed by atoms with Gasteiger partial charge in [-0.15, -0.1) is 0 Å². The molecule has 0 aliphatic carbocycles. The lowest BCUT2D eigenvalue weighted by Gasteiger charge is -2.10. The third-order valence-corrected chi connectivity index (χ3v) is 1.90. The molecule has 0 saturated heterocycles. The van der Waals surface area contributed by atoms with E-state index < -0.39 is 0 Å². The van der Waals surface area contributed by atoms with Gasteiger partial charge in [-0.2, -0.15) is 0 Å². The SMILES string of the molecule is COCOc1cc(N)c(C)cc1C. The summed E-state index contributed by atoms with van der Waals surface area (Å²) in [6, 6.07) is 3.82. The van der Waals surface area contributed by atoms with E-state index in [1.807, 2.05) is 26.0 Å². The maximum atomic E-state index is 5.74. The van der Waals surface area contributed by atoms with E-state index in [1.54, 1.807) is 7.11 Å². The van der Waals surface area contributed by atoms with Crippen molar-refractivity contribution in [1.82, 2.24) is 0 Å². The number of aryl methyl sites for hydroxylation is 2. The summed E-state index contributed by atoms with van der Waals surface area (Å²) in [6.45, 7) is 4.21. The van der Waals surface area contributed by atoms with Crippen molar-refractivity contribution in [3.8, 4) is 5.75 Å². The molecule has 1 aromatic rings. The number of nitrogen functional groups attached to an aromatic ring is 1. The Morgan fingerprint density at radius 3 is 2.54 bits per heavy atom. The summed E-state index contributed by atoms with van der Waals surface area (Å²) in [5.41, 5.74) is 8.63. The van der Waals surface area contributed by atoms with E-state index in [9.17, 15) is 0 Å². The second-order valence-electron chi connectivity index (χ2n) is 3.03. The summed E-state index contributed by atoms with van der Waals surface area (Å²) in [5, 5.41) is 0. The summed E-state index contributed by atoms with van der Waals surface area (Å²) >= 11 is 0. The molecule has 2 N–H and O–H groups in total. The van der Waals surface area contributed by atoms with Gasteiger partial charge in [0.2, 0.25) is 0 Å². The first kappa shape index (κ1) is 9.86. The van der Waals surface area contributed by atoms with Gasteiger partial charge in [0.15, 0.2) is 6.79 Å². The normalized spacial score (nSPS) is 10.1. The number of hydrogen-bond acceptors (Lipinski definition) is 3. The van der Waals surface area contributed by atoms with Crippen molar-refractivity contribution in [2.75, 3.05) is 19.6 Å². The van der Waals surface area contributed by atoms with Gasteiger partial charge in [0.1, 0.15) is 5.75 Å². The number of ether oxygens (including phenoxy) is 2. The van der Waals surface area contributed by atoms with E-state index in [4.69, 9.17) is 15.2 Å². The van der Waals surface area contributed by atoms with Crippen LogP contribution in [-0.2, 0) is 4.74 Å². The summed E-state index contributed by atoms with van der Waals surface area (Å²) in [7, 11) is 1.59. The Bertz CT molecular complexity index is 297. The van der Waals surface area contributed by atoms with Crippen molar-refractivity contribution in [3.63, 3.8) is 0 Å². The van der Waals surface area contributed by atoms with Crippen LogP contribution in [0.2, 0.25) is 0 Å². The zero-order valence-electron chi connectivity index (χ0n) is 8.26. The monoisotopic (exact) mass is 181 g/mol. The quantitative estimate of drug-likeness (QED) is 0.572. The fourth-order valence-corrected chi connectivity index (χ4v) is 1.13. The molecule has 0 spiro atoms. The van der Waals surface area contributed by atoms with E-state index in [0.717, 1.165) is 22.6 Å². The Morgan fingerprint density at radius 1 is 1.23 bits per heavy atom. The predicted octanol–water partition coefficient (Wildman–Crippen LogP) is 1.87. The van der Waals surface area contributed by atoms with Crippen LogP contribution in [0, 0.1) is 13.8 Å². The van der Waals surface area contributed by atoms with Gasteiger partial charge in [0.05, 0.1) is 0 Å². The fraction of sp³-hybridized carbons (Fsp3) is 0.400. The largest absolute Gasteiger partial charge is 0.467 e. The van der Waals surface area contributed by atoms with Crippen LogP contribution < -0.4 is 10.5 Å². The molecule has 0 radical (unpaired) electrons. The van der Waals surface area contributed by atoms with Crippen molar-refractivity contribution < 1.29 is 9.47 Å². The highest BCUT2D eigenvalue weighted by atomic mass is 16.7. The average molecular weight is 181 g/mol. The minimum absolute atomic E-state index is 0.253. The lowest BCUT2D eigenvalue weighted by molar-refractivity contribution is 0.0507. The average Bonchev–Trinajstić information content (AvgIpc) is 2.09. The molecule has 0 bridgehead atoms. The second kappa shape index (κ2) is 4.14. The number of hydrogen-bond donors (Lipinski definition) is 1. The number of rotatable bonds is 3. The van der Waals surface area contributed by atoms with E-state index in [2.05, 4.69) is 0 Å². The Morgan fingerprint density at radius 2 is 1.92 bits per heavy atom. The lowest BCUT2D eigenvalue weighted by Crippen LogP contribution is -2.01. The van der Waals surface area contributed by atoms with Crippen molar-refractivity contribution in [2.24, 2.45) is 0 Å². The van der Waals surface area contributed by atoms with Crippen LogP contribution in [-0.4, -0.2) is 13.9 Å². The van der Waals surface area contributed by atoms with Crippen LogP contribution in [0.15, 0.2) is 12.1 Å². The van der Waals surface area contributed by atoms with Crippen LogP contribution in [0.1, 0.15) is 11.1 Å². The minimum atomic E-state index is 0.253. The second-order valence-corrected chi connectivity index (χ2v) is 3.03. The molecule has 1 aromatic carbocycles. The number of anilines is 1. The van der Waals surface area contributed by atoms with Crippen molar-refractivity contribution >= 4 is 5.69 Å². The van der Waals surface area contributed by atoms with Gasteiger partial charge in [-0.25, -0.2) is 0 Å². The van der Waals surface area contributed by atoms with Crippen LogP contribution in [0.4, 0.5) is 5.69 Å². The molecule has 72 valence electrons. The van der Waals surface area contributed by atoms with Crippen LogP contribution >= 0.6 is 0 Å². The van der Waals surface area contributed by atoms with Crippen LogP contribution in [0.5, 0.6) is 5.75 Å². The summed E-state index contributed by atoms with van der Waals surface area (Å²) in [4.78, 5) is 0. The Balaban J connectivity index is 2.88. The van der Waals surface area contributed by atoms with Crippen LogP contribution in [0.3, 0.4) is 0 Å². The van der Waals surface area contributed by atoms with Crippen molar-refractivity contribution in [3.05, 3.63) is 23.3 Å². The molecule has 0 atom stereocenters. The summed E-state index contributed by atoms with van der Waals surface area (Å²) in [5.74, 6) is 0.782. The fourth-order valence-electron chi connectivity index (χ4n) is 1.13. The topological polar surface area (TPSA) is 44.5 Å². The Labute approximate surface area is 78.5 Å². The molecule has 0 amide bonds. The number of benzene rings is 1. The highest BCUT2D eigenvalue weighted by Gasteiger charge is 2.02. The maximum Gasteiger partial charge on any atom is 0.188 e. The first-order valence-corrected chi connectivity index (χ1v) is 4.13. The van der Waals surface area contributed by atoms with Crippen molar-refractivity contribution in [2.45, 2.75) is 13.8 Å². The number of methoxy groups -OCH3 is 1. The van der Waals surface area contributed by atoms with E-state index >= 15 is 0 Å². The summed E-state index contributed by atoms with van der Waals surface area (Å²) in [6.07, 6.45) is 0. The molecule has 0 saturated carbocycles. The number of nitrogens with two attached hydrogens (primary N) is 1.